The van der Waals surface area contributed by atoms with Crippen molar-refractivity contribution in [2.75, 3.05) is 12.5 Å². The average Bonchev–Trinajstić information content (AvgIpc) is 2.85. The third-order valence-electron chi connectivity index (χ3n) is 2.89. The molecule has 3 nitrogen and oxygen atoms in total. The highest BCUT2D eigenvalue weighted by molar-refractivity contribution is 6.18. The van der Waals surface area contributed by atoms with Crippen molar-refractivity contribution in [3.8, 4) is 0 Å². The maximum absolute atomic E-state index is 5.91. The molecule has 4 heteroatoms. The largest absolute Gasteiger partial charge is 0.373 e. The standard InChI is InChI=1S/C11H17ClN2O/c1-8(2)14-7-10(6-13-14)11-9(5-12)3-4-15-11/h6-9,11H,3-5H2,1-2H3. The molecular formula is C11H17ClN2O. The average molecular weight is 229 g/mol. The predicted molar refractivity (Wildman–Crippen MR) is 60.1 cm³/mol. The lowest BCUT2D eigenvalue weighted by molar-refractivity contribution is 0.0950. The Morgan fingerprint density at radius 1 is 1.67 bits per heavy atom. The Balaban J connectivity index is 2.14. The van der Waals surface area contributed by atoms with Crippen molar-refractivity contribution in [2.45, 2.75) is 32.4 Å². The normalized spacial score (nSPS) is 26.4. The van der Waals surface area contributed by atoms with E-state index in [-0.39, 0.29) is 6.10 Å². The van der Waals surface area contributed by atoms with E-state index in [0.717, 1.165) is 18.6 Å². The van der Waals surface area contributed by atoms with Gasteiger partial charge in [-0.1, -0.05) is 0 Å². The zero-order valence-corrected chi connectivity index (χ0v) is 9.94. The molecule has 0 N–H and O–H groups in total. The van der Waals surface area contributed by atoms with E-state index in [1.54, 1.807) is 0 Å². The molecule has 0 spiro atoms. The van der Waals surface area contributed by atoms with Gasteiger partial charge in [0.25, 0.3) is 0 Å². The van der Waals surface area contributed by atoms with Crippen LogP contribution in [-0.2, 0) is 4.74 Å². The first kappa shape index (κ1) is 11.0. The minimum atomic E-state index is 0.148. The molecular weight excluding hydrogens is 212 g/mol. The van der Waals surface area contributed by atoms with Gasteiger partial charge >= 0.3 is 0 Å². The Labute approximate surface area is 95.4 Å². The van der Waals surface area contributed by atoms with Crippen LogP contribution in [0.25, 0.3) is 0 Å². The molecule has 1 saturated heterocycles. The monoisotopic (exact) mass is 228 g/mol. The van der Waals surface area contributed by atoms with E-state index < -0.39 is 0 Å². The minimum Gasteiger partial charge on any atom is -0.373 e. The van der Waals surface area contributed by atoms with Gasteiger partial charge in [0.15, 0.2) is 0 Å². The van der Waals surface area contributed by atoms with Crippen molar-refractivity contribution in [1.29, 1.82) is 0 Å². The summed E-state index contributed by atoms with van der Waals surface area (Å²) in [7, 11) is 0. The number of hydrogen-bond acceptors (Lipinski definition) is 2. The van der Waals surface area contributed by atoms with Gasteiger partial charge < -0.3 is 4.74 Å². The van der Waals surface area contributed by atoms with E-state index in [1.807, 2.05) is 10.9 Å². The second-order valence-corrected chi connectivity index (χ2v) is 4.65. The van der Waals surface area contributed by atoms with Gasteiger partial charge in [0.2, 0.25) is 0 Å². The van der Waals surface area contributed by atoms with Crippen LogP contribution in [0.15, 0.2) is 12.4 Å². The summed E-state index contributed by atoms with van der Waals surface area (Å²) < 4.78 is 7.66. The minimum absolute atomic E-state index is 0.148. The molecule has 0 radical (unpaired) electrons. The smallest absolute Gasteiger partial charge is 0.0895 e. The third kappa shape index (κ3) is 2.18. The van der Waals surface area contributed by atoms with Crippen molar-refractivity contribution in [1.82, 2.24) is 9.78 Å². The van der Waals surface area contributed by atoms with Crippen LogP contribution in [0, 0.1) is 5.92 Å². The first-order valence-electron chi connectivity index (χ1n) is 5.44. The maximum Gasteiger partial charge on any atom is 0.0895 e. The molecule has 2 unspecified atom stereocenters. The Kier molecular flexibility index (Phi) is 3.32. The van der Waals surface area contributed by atoms with E-state index in [4.69, 9.17) is 16.3 Å². The summed E-state index contributed by atoms with van der Waals surface area (Å²) in [5, 5.41) is 4.32. The van der Waals surface area contributed by atoms with E-state index in [9.17, 15) is 0 Å². The molecule has 2 rings (SSSR count). The fourth-order valence-electron chi connectivity index (χ4n) is 1.94. The SMILES string of the molecule is CC(C)n1cc(C2OCCC2CCl)cn1. The van der Waals surface area contributed by atoms with Gasteiger partial charge in [-0.05, 0) is 20.3 Å². The Morgan fingerprint density at radius 3 is 3.07 bits per heavy atom. The van der Waals surface area contributed by atoms with E-state index >= 15 is 0 Å². The van der Waals surface area contributed by atoms with Gasteiger partial charge in [0.1, 0.15) is 0 Å². The Morgan fingerprint density at radius 2 is 2.47 bits per heavy atom. The number of rotatable bonds is 3. The summed E-state index contributed by atoms with van der Waals surface area (Å²) >= 11 is 5.91. The topological polar surface area (TPSA) is 27.1 Å². The summed E-state index contributed by atoms with van der Waals surface area (Å²) in [6, 6.07) is 0.398. The highest BCUT2D eigenvalue weighted by atomic mass is 35.5. The van der Waals surface area contributed by atoms with Crippen molar-refractivity contribution in [3.63, 3.8) is 0 Å². The highest BCUT2D eigenvalue weighted by Gasteiger charge is 2.29. The zero-order chi connectivity index (χ0) is 10.8. The molecule has 84 valence electrons. The van der Waals surface area contributed by atoms with Crippen LogP contribution in [0.1, 0.15) is 38.0 Å². The second-order valence-electron chi connectivity index (χ2n) is 4.34. The van der Waals surface area contributed by atoms with Gasteiger partial charge in [-0.2, -0.15) is 5.10 Å². The molecule has 0 saturated carbocycles. The highest BCUT2D eigenvalue weighted by Crippen LogP contribution is 2.35. The molecule has 1 aliphatic heterocycles. The summed E-state index contributed by atoms with van der Waals surface area (Å²) in [5.74, 6) is 1.11. The number of alkyl halides is 1. The lowest BCUT2D eigenvalue weighted by Gasteiger charge is -2.14. The van der Waals surface area contributed by atoms with Gasteiger partial charge in [-0.3, -0.25) is 4.68 Å². The zero-order valence-electron chi connectivity index (χ0n) is 9.19. The molecule has 2 heterocycles. The van der Waals surface area contributed by atoms with Crippen molar-refractivity contribution in [2.24, 2.45) is 5.92 Å². The number of ether oxygens (including phenoxy) is 1. The molecule has 0 bridgehead atoms. The fourth-order valence-corrected chi connectivity index (χ4v) is 2.26. The van der Waals surface area contributed by atoms with E-state index in [1.165, 1.54) is 0 Å². The fraction of sp³-hybridized carbons (Fsp3) is 0.727. The van der Waals surface area contributed by atoms with Crippen LogP contribution in [-0.4, -0.2) is 22.3 Å². The van der Waals surface area contributed by atoms with E-state index in [0.29, 0.717) is 17.8 Å². The summed E-state index contributed by atoms with van der Waals surface area (Å²) in [4.78, 5) is 0. The summed E-state index contributed by atoms with van der Waals surface area (Å²) in [6.07, 6.45) is 5.17. The predicted octanol–water partition coefficient (Wildman–Crippen LogP) is 2.78. The Hall–Kier alpha value is -0.540. The first-order valence-corrected chi connectivity index (χ1v) is 5.97. The molecule has 0 aromatic carbocycles. The van der Waals surface area contributed by atoms with Crippen LogP contribution in [0.4, 0.5) is 0 Å². The van der Waals surface area contributed by atoms with E-state index in [2.05, 4.69) is 25.1 Å². The first-order chi connectivity index (χ1) is 7.22. The van der Waals surface area contributed by atoms with Gasteiger partial charge in [0, 0.05) is 36.2 Å². The molecule has 15 heavy (non-hydrogen) atoms. The van der Waals surface area contributed by atoms with Crippen molar-refractivity contribution in [3.05, 3.63) is 18.0 Å². The molecule has 1 aliphatic rings. The van der Waals surface area contributed by atoms with Crippen LogP contribution in [0.5, 0.6) is 0 Å². The lowest BCUT2D eigenvalue weighted by Crippen LogP contribution is -2.08. The molecule has 0 amide bonds. The molecule has 1 aromatic rings. The van der Waals surface area contributed by atoms with Crippen molar-refractivity contribution < 1.29 is 4.74 Å². The maximum atomic E-state index is 5.91. The van der Waals surface area contributed by atoms with Crippen LogP contribution in [0.3, 0.4) is 0 Å². The van der Waals surface area contributed by atoms with Crippen LogP contribution >= 0.6 is 11.6 Å². The van der Waals surface area contributed by atoms with Crippen molar-refractivity contribution >= 4 is 11.6 Å². The number of halogens is 1. The van der Waals surface area contributed by atoms with Crippen LogP contribution in [0.2, 0.25) is 0 Å². The van der Waals surface area contributed by atoms with Gasteiger partial charge in [0.05, 0.1) is 12.3 Å². The quantitative estimate of drug-likeness (QED) is 0.744. The second kappa shape index (κ2) is 4.54. The number of aromatic nitrogens is 2. The number of nitrogens with zero attached hydrogens (tertiary/aromatic N) is 2. The molecule has 1 aromatic heterocycles. The lowest BCUT2D eigenvalue weighted by atomic mass is 10.00. The molecule has 1 fully saturated rings. The molecule has 0 aliphatic carbocycles. The third-order valence-corrected chi connectivity index (χ3v) is 3.29. The van der Waals surface area contributed by atoms with Crippen LogP contribution < -0.4 is 0 Å². The van der Waals surface area contributed by atoms with Gasteiger partial charge in [-0.25, -0.2) is 0 Å². The van der Waals surface area contributed by atoms with Gasteiger partial charge in [-0.15, -0.1) is 11.6 Å². The summed E-state index contributed by atoms with van der Waals surface area (Å²) in [5.41, 5.74) is 1.16. The number of hydrogen-bond donors (Lipinski definition) is 0. The summed E-state index contributed by atoms with van der Waals surface area (Å²) in [6.45, 7) is 5.05. The Bertz CT molecular complexity index is 324. The molecule has 2 atom stereocenters.